The Labute approximate surface area is 339 Å². The predicted molar refractivity (Wildman–Crippen MR) is 221 cm³/mol. The summed E-state index contributed by atoms with van der Waals surface area (Å²) in [5, 5.41) is 12.7. The summed E-state index contributed by atoms with van der Waals surface area (Å²) in [5.74, 6) is -5.38. The van der Waals surface area contributed by atoms with E-state index in [2.05, 4.69) is 0 Å². The third-order valence-electron chi connectivity index (χ3n) is 12.8. The van der Waals surface area contributed by atoms with Crippen LogP contribution in [0.1, 0.15) is 45.8 Å². The molecule has 4 amide bonds. The van der Waals surface area contributed by atoms with Gasteiger partial charge in [-0.3, -0.25) is 28.9 Å². The molecule has 10 rings (SSSR count). The van der Waals surface area contributed by atoms with Crippen molar-refractivity contribution >= 4 is 63.2 Å². The van der Waals surface area contributed by atoms with E-state index in [1.807, 2.05) is 72.8 Å². The van der Waals surface area contributed by atoms with E-state index in [1.54, 1.807) is 78.9 Å². The van der Waals surface area contributed by atoms with Crippen molar-refractivity contribution in [2.75, 3.05) is 9.80 Å². The van der Waals surface area contributed by atoms with Gasteiger partial charge in [-0.15, -0.1) is 0 Å². The van der Waals surface area contributed by atoms with Gasteiger partial charge in [0.25, 0.3) is 0 Å². The summed E-state index contributed by atoms with van der Waals surface area (Å²) in [5.41, 5.74) is 2.43. The van der Waals surface area contributed by atoms with Crippen molar-refractivity contribution in [3.8, 4) is 5.75 Å². The summed E-state index contributed by atoms with van der Waals surface area (Å²) < 4.78 is 0. The number of hydrogen-bond donors (Lipinski definition) is 1. The number of carbonyl (C=O) groups is 5. The Morgan fingerprint density at radius 2 is 1.31 bits per heavy atom. The van der Waals surface area contributed by atoms with Crippen LogP contribution in [0.5, 0.6) is 5.75 Å². The van der Waals surface area contributed by atoms with Crippen LogP contribution in [-0.2, 0) is 24.6 Å². The highest BCUT2D eigenvalue weighted by Gasteiger charge is 2.70. The smallest absolute Gasteiger partial charge is 0.246 e. The Bertz CT molecular complexity index is 2750. The minimum atomic E-state index is -1.46. The minimum Gasteiger partial charge on any atom is -0.507 e. The zero-order chi connectivity index (χ0) is 39.9. The van der Waals surface area contributed by atoms with Crippen molar-refractivity contribution in [2.45, 2.75) is 24.2 Å². The topological polar surface area (TPSA) is 112 Å². The number of anilines is 2. The van der Waals surface area contributed by atoms with E-state index < -0.39 is 46.8 Å². The van der Waals surface area contributed by atoms with Crippen LogP contribution >= 0.6 is 11.6 Å². The van der Waals surface area contributed by atoms with Gasteiger partial charge in [-0.2, -0.15) is 0 Å². The van der Waals surface area contributed by atoms with Gasteiger partial charge in [0, 0.05) is 27.5 Å². The number of phenolic OH excluding ortho intramolecular Hbond substituents is 1. The SMILES string of the molecule is O=C(c1ccccc1)c1ccc(N2C(=O)[C@H]3[C@H](CC=C4[C@H]3C[C@H]3C(=O)N(c5cccc(Cl)c5)C(=O)[C@@]3(c3ccccc3)[C@H]4c3ccc(O)c4ccccc34)C2=O)cc1. The first-order chi connectivity index (χ1) is 28.2. The molecule has 0 unspecified atom stereocenters. The number of benzene rings is 6. The summed E-state index contributed by atoms with van der Waals surface area (Å²) in [6, 6.07) is 42.4. The van der Waals surface area contributed by atoms with E-state index in [9.17, 15) is 19.5 Å². The van der Waals surface area contributed by atoms with Gasteiger partial charge in [0.05, 0.1) is 34.5 Å². The lowest BCUT2D eigenvalue weighted by Crippen LogP contribution is -2.53. The van der Waals surface area contributed by atoms with Crippen LogP contribution in [0.15, 0.2) is 157 Å². The molecule has 58 heavy (non-hydrogen) atoms. The zero-order valence-electron chi connectivity index (χ0n) is 31.0. The molecule has 9 heteroatoms. The van der Waals surface area contributed by atoms with Gasteiger partial charge < -0.3 is 5.11 Å². The molecule has 2 heterocycles. The fourth-order valence-corrected chi connectivity index (χ4v) is 10.6. The molecular formula is C49H35ClN2O6. The monoisotopic (exact) mass is 782 g/mol. The number of carbonyl (C=O) groups excluding carboxylic acids is 5. The highest BCUT2D eigenvalue weighted by atomic mass is 35.5. The molecular weight excluding hydrogens is 748 g/mol. The Morgan fingerprint density at radius 3 is 2.03 bits per heavy atom. The van der Waals surface area contributed by atoms with E-state index in [0.29, 0.717) is 43.9 Å². The molecule has 0 radical (unpaired) electrons. The van der Waals surface area contributed by atoms with Gasteiger partial charge in [0.15, 0.2) is 5.78 Å². The van der Waals surface area contributed by atoms with Crippen molar-refractivity contribution in [1.82, 2.24) is 0 Å². The van der Waals surface area contributed by atoms with Gasteiger partial charge in [-0.25, -0.2) is 4.90 Å². The number of imide groups is 2. The third kappa shape index (κ3) is 5.11. The second-order valence-electron chi connectivity index (χ2n) is 15.6. The number of rotatable bonds is 6. The second-order valence-corrected chi connectivity index (χ2v) is 16.0. The highest BCUT2D eigenvalue weighted by Crippen LogP contribution is 2.65. The fraction of sp³-hybridized carbons (Fsp3) is 0.163. The van der Waals surface area contributed by atoms with Crippen LogP contribution in [0.25, 0.3) is 10.8 Å². The Morgan fingerprint density at radius 1 is 0.638 bits per heavy atom. The average Bonchev–Trinajstić information content (AvgIpc) is 3.65. The van der Waals surface area contributed by atoms with Crippen molar-refractivity contribution in [1.29, 1.82) is 0 Å². The third-order valence-corrected chi connectivity index (χ3v) is 13.1. The van der Waals surface area contributed by atoms with E-state index in [0.717, 1.165) is 11.1 Å². The number of hydrogen-bond acceptors (Lipinski definition) is 6. The van der Waals surface area contributed by atoms with Crippen LogP contribution in [-0.4, -0.2) is 34.5 Å². The largest absolute Gasteiger partial charge is 0.507 e. The highest BCUT2D eigenvalue weighted by molar-refractivity contribution is 6.32. The molecule has 4 aliphatic rings. The van der Waals surface area contributed by atoms with Crippen LogP contribution in [0.4, 0.5) is 11.4 Å². The summed E-state index contributed by atoms with van der Waals surface area (Å²) in [6.07, 6.45) is 2.42. The number of phenols is 1. The molecule has 6 aromatic carbocycles. The minimum absolute atomic E-state index is 0.0767. The van der Waals surface area contributed by atoms with Gasteiger partial charge in [0.1, 0.15) is 5.75 Å². The molecule has 1 N–H and O–H groups in total. The van der Waals surface area contributed by atoms with Crippen LogP contribution < -0.4 is 9.80 Å². The molecule has 0 aromatic heterocycles. The quantitative estimate of drug-likeness (QED) is 0.103. The van der Waals surface area contributed by atoms with Crippen molar-refractivity contribution in [2.24, 2.45) is 23.7 Å². The number of amides is 4. The molecule has 3 fully saturated rings. The Kier molecular flexibility index (Phi) is 8.32. The number of halogens is 1. The number of fused-ring (bicyclic) bond motifs is 5. The lowest BCUT2D eigenvalue weighted by Gasteiger charge is -2.51. The number of aromatic hydroxyl groups is 1. The number of ketones is 1. The first-order valence-electron chi connectivity index (χ1n) is 19.4. The molecule has 2 aliphatic heterocycles. The Balaban J connectivity index is 1.13. The fourth-order valence-electron chi connectivity index (χ4n) is 10.4. The summed E-state index contributed by atoms with van der Waals surface area (Å²) in [4.78, 5) is 75.7. The Hall–Kier alpha value is -6.64. The number of allylic oxidation sites excluding steroid dienone is 2. The van der Waals surface area contributed by atoms with Gasteiger partial charge in [0.2, 0.25) is 23.6 Å². The van der Waals surface area contributed by atoms with Crippen LogP contribution in [0.2, 0.25) is 5.02 Å². The van der Waals surface area contributed by atoms with Gasteiger partial charge in [-0.1, -0.05) is 120 Å². The number of nitrogens with zero attached hydrogens (tertiary/aromatic N) is 2. The molecule has 6 aromatic rings. The second kappa shape index (κ2) is 13.5. The summed E-state index contributed by atoms with van der Waals surface area (Å²) >= 11 is 6.46. The normalized spacial score (nSPS) is 25.1. The molecule has 6 atom stereocenters. The van der Waals surface area contributed by atoms with Crippen molar-refractivity contribution < 1.29 is 29.1 Å². The van der Waals surface area contributed by atoms with Crippen LogP contribution in [0.3, 0.4) is 0 Å². The molecule has 0 bridgehead atoms. The van der Waals surface area contributed by atoms with E-state index in [-0.39, 0.29) is 36.2 Å². The van der Waals surface area contributed by atoms with E-state index >= 15 is 9.59 Å². The summed E-state index contributed by atoms with van der Waals surface area (Å²) in [7, 11) is 0. The predicted octanol–water partition coefficient (Wildman–Crippen LogP) is 8.80. The molecule has 2 saturated heterocycles. The zero-order valence-corrected chi connectivity index (χ0v) is 31.8. The first kappa shape index (κ1) is 35.8. The maximum Gasteiger partial charge on any atom is 0.246 e. The molecule has 2 aliphatic carbocycles. The summed E-state index contributed by atoms with van der Waals surface area (Å²) in [6.45, 7) is 0. The van der Waals surface area contributed by atoms with Crippen LogP contribution in [0, 0.1) is 23.7 Å². The lowest BCUT2D eigenvalue weighted by molar-refractivity contribution is -0.127. The molecule has 1 saturated carbocycles. The van der Waals surface area contributed by atoms with Gasteiger partial charge in [-0.05, 0) is 83.8 Å². The maximum absolute atomic E-state index is 15.6. The maximum atomic E-state index is 15.6. The molecule has 8 nitrogen and oxygen atoms in total. The van der Waals surface area contributed by atoms with E-state index in [1.165, 1.54) is 9.80 Å². The van der Waals surface area contributed by atoms with Crippen molar-refractivity contribution in [3.05, 3.63) is 185 Å². The van der Waals surface area contributed by atoms with E-state index in [4.69, 9.17) is 11.6 Å². The molecule has 0 spiro atoms. The van der Waals surface area contributed by atoms with Crippen molar-refractivity contribution in [3.63, 3.8) is 0 Å². The standard InChI is InChI=1S/C49H35ClN2O6/c50-31-14-9-15-33(26-31)52-46(56)40-27-39-37(43(49(40,48(52)58)30-12-5-2-6-13-30)36-24-25-41(53)35-17-8-7-16-34(35)36)22-23-38-42(39)47(57)51(45(38)55)32-20-18-29(19-21-32)44(54)28-10-3-1-4-11-28/h1-22,24-26,38-40,42-43,53H,23,27H2/t38-,39+,40-,42-,43-,49+/m0/s1. The van der Waals surface area contributed by atoms with Gasteiger partial charge >= 0.3 is 0 Å². The molecule has 284 valence electrons. The first-order valence-corrected chi connectivity index (χ1v) is 19.8. The lowest BCUT2D eigenvalue weighted by atomic mass is 9.49. The average molecular weight is 783 g/mol.